The van der Waals surface area contributed by atoms with Gasteiger partial charge in [-0.25, -0.2) is 0 Å². The molecule has 1 unspecified atom stereocenters. The van der Waals surface area contributed by atoms with Crippen LogP contribution in [0.1, 0.15) is 52.4 Å². The van der Waals surface area contributed by atoms with E-state index in [2.05, 4.69) is 19.9 Å². The standard InChI is InChI=1S/C12H21N/c1-10(2)12(9-13)11-7-5-3-4-6-8-11/h10-12H,3-8H2,1-2H3. The summed E-state index contributed by atoms with van der Waals surface area (Å²) in [4.78, 5) is 0. The van der Waals surface area contributed by atoms with Crippen molar-refractivity contribution in [2.45, 2.75) is 52.4 Å². The lowest BCUT2D eigenvalue weighted by molar-refractivity contribution is 0.290. The van der Waals surface area contributed by atoms with Crippen molar-refractivity contribution in [3.8, 4) is 6.07 Å². The summed E-state index contributed by atoms with van der Waals surface area (Å²) in [7, 11) is 0. The summed E-state index contributed by atoms with van der Waals surface area (Å²) in [6, 6.07) is 2.50. The Hall–Kier alpha value is -0.510. The fraction of sp³-hybridized carbons (Fsp3) is 0.917. The van der Waals surface area contributed by atoms with Crippen molar-refractivity contribution in [3.05, 3.63) is 0 Å². The maximum absolute atomic E-state index is 9.09. The van der Waals surface area contributed by atoms with Crippen molar-refractivity contribution in [2.75, 3.05) is 0 Å². The van der Waals surface area contributed by atoms with Crippen LogP contribution in [0.2, 0.25) is 0 Å². The minimum Gasteiger partial charge on any atom is -0.198 e. The average Bonchev–Trinajstić information content (AvgIpc) is 2.33. The second-order valence-corrected chi connectivity index (χ2v) is 4.65. The van der Waals surface area contributed by atoms with Crippen molar-refractivity contribution in [1.82, 2.24) is 0 Å². The highest BCUT2D eigenvalue weighted by molar-refractivity contribution is 4.90. The van der Waals surface area contributed by atoms with Gasteiger partial charge in [0, 0.05) is 0 Å². The first-order valence-electron chi connectivity index (χ1n) is 5.65. The molecule has 74 valence electrons. The molecule has 0 aromatic rings. The molecule has 0 spiro atoms. The molecule has 0 heterocycles. The van der Waals surface area contributed by atoms with Gasteiger partial charge in [-0.2, -0.15) is 5.26 Å². The van der Waals surface area contributed by atoms with E-state index < -0.39 is 0 Å². The van der Waals surface area contributed by atoms with Crippen LogP contribution in [0.5, 0.6) is 0 Å². The van der Waals surface area contributed by atoms with E-state index in [1.165, 1.54) is 38.5 Å². The molecule has 0 radical (unpaired) electrons. The van der Waals surface area contributed by atoms with E-state index in [-0.39, 0.29) is 0 Å². The molecule has 1 aliphatic rings. The molecule has 0 aliphatic heterocycles. The highest BCUT2D eigenvalue weighted by Crippen LogP contribution is 2.32. The van der Waals surface area contributed by atoms with Gasteiger partial charge in [0.2, 0.25) is 0 Å². The zero-order valence-electron chi connectivity index (χ0n) is 8.92. The number of hydrogen-bond donors (Lipinski definition) is 0. The molecule has 0 aromatic carbocycles. The van der Waals surface area contributed by atoms with Crippen LogP contribution in [0.3, 0.4) is 0 Å². The van der Waals surface area contributed by atoms with Crippen LogP contribution < -0.4 is 0 Å². The first-order chi connectivity index (χ1) is 6.25. The fourth-order valence-corrected chi connectivity index (χ4v) is 2.47. The molecular weight excluding hydrogens is 158 g/mol. The molecule has 0 aromatic heterocycles. The number of hydrogen-bond acceptors (Lipinski definition) is 1. The van der Waals surface area contributed by atoms with Crippen LogP contribution in [-0.2, 0) is 0 Å². The van der Waals surface area contributed by atoms with Gasteiger partial charge in [0.05, 0.1) is 12.0 Å². The number of nitrogens with zero attached hydrogens (tertiary/aromatic N) is 1. The highest BCUT2D eigenvalue weighted by atomic mass is 14.3. The molecule has 1 heteroatoms. The normalized spacial score (nSPS) is 22.3. The molecule has 1 saturated carbocycles. The lowest BCUT2D eigenvalue weighted by atomic mass is 9.80. The largest absolute Gasteiger partial charge is 0.198 e. The van der Waals surface area contributed by atoms with Gasteiger partial charge in [-0.1, -0.05) is 39.5 Å². The van der Waals surface area contributed by atoms with Gasteiger partial charge < -0.3 is 0 Å². The van der Waals surface area contributed by atoms with Crippen LogP contribution in [0.4, 0.5) is 0 Å². The lowest BCUT2D eigenvalue weighted by Gasteiger charge is -2.22. The van der Waals surface area contributed by atoms with Gasteiger partial charge in [0.25, 0.3) is 0 Å². The second kappa shape index (κ2) is 5.27. The average molecular weight is 179 g/mol. The predicted molar refractivity (Wildman–Crippen MR) is 55.1 cm³/mol. The monoisotopic (exact) mass is 179 g/mol. The van der Waals surface area contributed by atoms with E-state index in [1.54, 1.807) is 0 Å². The SMILES string of the molecule is CC(C)C(C#N)C1CCCCCC1. The Morgan fingerprint density at radius 2 is 1.62 bits per heavy atom. The van der Waals surface area contributed by atoms with Crippen molar-refractivity contribution >= 4 is 0 Å². The number of nitriles is 1. The van der Waals surface area contributed by atoms with Crippen LogP contribution in [0, 0.1) is 29.1 Å². The molecule has 1 fully saturated rings. The van der Waals surface area contributed by atoms with Crippen LogP contribution >= 0.6 is 0 Å². The van der Waals surface area contributed by atoms with E-state index in [0.717, 1.165) is 0 Å². The maximum atomic E-state index is 9.09. The Labute approximate surface area is 82.1 Å². The van der Waals surface area contributed by atoms with Crippen molar-refractivity contribution in [3.63, 3.8) is 0 Å². The van der Waals surface area contributed by atoms with E-state index >= 15 is 0 Å². The molecule has 1 nitrogen and oxygen atoms in total. The van der Waals surface area contributed by atoms with Crippen LogP contribution in [0.25, 0.3) is 0 Å². The van der Waals surface area contributed by atoms with Gasteiger partial charge >= 0.3 is 0 Å². The summed E-state index contributed by atoms with van der Waals surface area (Å²) in [5.41, 5.74) is 0. The topological polar surface area (TPSA) is 23.8 Å². The Morgan fingerprint density at radius 1 is 1.08 bits per heavy atom. The molecule has 13 heavy (non-hydrogen) atoms. The summed E-state index contributed by atoms with van der Waals surface area (Å²) in [5, 5.41) is 9.09. The zero-order valence-corrected chi connectivity index (χ0v) is 8.92. The molecule has 0 bridgehead atoms. The minimum absolute atomic E-state index is 0.304. The Bertz CT molecular complexity index is 170. The zero-order chi connectivity index (χ0) is 9.68. The first-order valence-corrected chi connectivity index (χ1v) is 5.65. The predicted octanol–water partition coefficient (Wildman–Crippen LogP) is 3.75. The Morgan fingerprint density at radius 3 is 2.00 bits per heavy atom. The highest BCUT2D eigenvalue weighted by Gasteiger charge is 2.24. The van der Waals surface area contributed by atoms with Gasteiger partial charge in [-0.15, -0.1) is 0 Å². The molecule has 0 N–H and O–H groups in total. The van der Waals surface area contributed by atoms with E-state index in [9.17, 15) is 0 Å². The molecular formula is C12H21N. The van der Waals surface area contributed by atoms with E-state index in [4.69, 9.17) is 5.26 Å². The molecule has 0 saturated heterocycles. The molecule has 1 aliphatic carbocycles. The number of rotatable bonds is 2. The maximum Gasteiger partial charge on any atom is 0.0661 e. The smallest absolute Gasteiger partial charge is 0.0661 e. The van der Waals surface area contributed by atoms with E-state index in [0.29, 0.717) is 17.8 Å². The van der Waals surface area contributed by atoms with E-state index in [1.807, 2.05) is 0 Å². The van der Waals surface area contributed by atoms with Gasteiger partial charge in [0.1, 0.15) is 0 Å². The van der Waals surface area contributed by atoms with Gasteiger partial charge in [-0.3, -0.25) is 0 Å². The summed E-state index contributed by atoms with van der Waals surface area (Å²) in [6.45, 7) is 4.36. The quantitative estimate of drug-likeness (QED) is 0.592. The van der Waals surface area contributed by atoms with Crippen molar-refractivity contribution < 1.29 is 0 Å². The summed E-state index contributed by atoms with van der Waals surface area (Å²) >= 11 is 0. The second-order valence-electron chi connectivity index (χ2n) is 4.65. The Balaban J connectivity index is 2.51. The van der Waals surface area contributed by atoms with Crippen LogP contribution in [-0.4, -0.2) is 0 Å². The minimum atomic E-state index is 0.304. The van der Waals surface area contributed by atoms with Crippen LogP contribution in [0.15, 0.2) is 0 Å². The first kappa shape index (κ1) is 10.6. The molecule has 1 atom stereocenters. The fourth-order valence-electron chi connectivity index (χ4n) is 2.47. The third-order valence-electron chi connectivity index (χ3n) is 3.28. The third-order valence-corrected chi connectivity index (χ3v) is 3.28. The Kier molecular flexibility index (Phi) is 4.28. The molecule has 1 rings (SSSR count). The summed E-state index contributed by atoms with van der Waals surface area (Å²) < 4.78 is 0. The lowest BCUT2D eigenvalue weighted by Crippen LogP contribution is -2.18. The molecule has 0 amide bonds. The van der Waals surface area contributed by atoms with Gasteiger partial charge in [-0.05, 0) is 24.7 Å². The van der Waals surface area contributed by atoms with Crippen molar-refractivity contribution in [1.29, 1.82) is 5.26 Å². The summed E-state index contributed by atoms with van der Waals surface area (Å²) in [6.07, 6.45) is 8.03. The summed E-state index contributed by atoms with van der Waals surface area (Å²) in [5.74, 6) is 1.53. The van der Waals surface area contributed by atoms with Crippen molar-refractivity contribution in [2.24, 2.45) is 17.8 Å². The third kappa shape index (κ3) is 3.03. The van der Waals surface area contributed by atoms with Gasteiger partial charge in [0.15, 0.2) is 0 Å².